The molecule has 0 spiro atoms. The number of hydrogen-bond donors (Lipinski definition) is 1. The van der Waals surface area contributed by atoms with Crippen molar-refractivity contribution in [3.63, 3.8) is 0 Å². The van der Waals surface area contributed by atoms with Gasteiger partial charge in [0.2, 0.25) is 5.13 Å². The van der Waals surface area contributed by atoms with Crippen LogP contribution in [0.1, 0.15) is 12.5 Å². The zero-order chi connectivity index (χ0) is 20.4. The van der Waals surface area contributed by atoms with Gasteiger partial charge in [-0.05, 0) is 24.6 Å². The second-order valence-corrected chi connectivity index (χ2v) is 7.16. The highest BCUT2D eigenvalue weighted by molar-refractivity contribution is 7.18. The predicted octanol–water partition coefficient (Wildman–Crippen LogP) is 4.66. The molecule has 2 aromatic heterocycles. The molecule has 0 saturated carbocycles. The summed E-state index contributed by atoms with van der Waals surface area (Å²) < 4.78 is 5.30. The Kier molecular flexibility index (Phi) is 4.88. The first kappa shape index (κ1) is 18.5. The van der Waals surface area contributed by atoms with Crippen molar-refractivity contribution in [3.05, 3.63) is 86.9 Å². The maximum Gasteiger partial charge on any atom is 0.345 e. The number of rotatable bonds is 5. The van der Waals surface area contributed by atoms with Crippen LogP contribution in [0.5, 0.6) is 0 Å². The number of fused-ring (bicyclic) bond motifs is 1. The Bertz CT molecular complexity index is 1290. The van der Waals surface area contributed by atoms with Crippen LogP contribution in [-0.4, -0.2) is 15.6 Å². The number of nitrogens with zero attached hydrogens (tertiary/aromatic N) is 3. The van der Waals surface area contributed by atoms with Gasteiger partial charge in [-0.15, -0.1) is 0 Å². The summed E-state index contributed by atoms with van der Waals surface area (Å²) in [5.74, 6) is 0. The fraction of sp³-hybridized carbons (Fsp3) is 0.0500. The summed E-state index contributed by atoms with van der Waals surface area (Å²) in [5, 5.41) is 16.3. The van der Waals surface area contributed by atoms with E-state index in [1.54, 1.807) is 6.07 Å². The molecule has 0 amide bonds. The highest BCUT2D eigenvalue weighted by atomic mass is 32.1. The third-order valence-electron chi connectivity index (χ3n) is 4.21. The first-order chi connectivity index (χ1) is 14.0. The summed E-state index contributed by atoms with van der Waals surface area (Å²) in [7, 11) is 0. The van der Waals surface area contributed by atoms with Gasteiger partial charge in [0.15, 0.2) is 0 Å². The van der Waals surface area contributed by atoms with Crippen LogP contribution in [0.4, 0.5) is 10.8 Å². The van der Waals surface area contributed by atoms with E-state index in [0.29, 0.717) is 15.4 Å². The van der Waals surface area contributed by atoms with E-state index in [1.807, 2.05) is 37.3 Å². The van der Waals surface area contributed by atoms with Crippen LogP contribution in [0, 0.1) is 10.1 Å². The van der Waals surface area contributed by atoms with E-state index in [2.05, 4.69) is 15.5 Å². The van der Waals surface area contributed by atoms with Gasteiger partial charge >= 0.3 is 5.63 Å². The Labute approximate surface area is 168 Å². The lowest BCUT2D eigenvalue weighted by Gasteiger charge is -2.01. The van der Waals surface area contributed by atoms with Gasteiger partial charge in [0.25, 0.3) is 5.69 Å². The van der Waals surface area contributed by atoms with Crippen LogP contribution < -0.4 is 11.1 Å². The van der Waals surface area contributed by atoms with Crippen molar-refractivity contribution in [2.75, 3.05) is 5.43 Å². The maximum absolute atomic E-state index is 12.3. The van der Waals surface area contributed by atoms with E-state index in [4.69, 9.17) is 4.42 Å². The standard InChI is InChI=1S/C20H14N4O4S/c1-12(13-5-3-2-4-6-13)22-23-20-21-11-18(29-20)16-10-14-9-15(24(26)27)7-8-17(14)28-19(16)25/h2-11H,1H3,(H,21,23)/b22-12-. The summed E-state index contributed by atoms with van der Waals surface area (Å²) in [4.78, 5) is 27.6. The van der Waals surface area contributed by atoms with Crippen LogP contribution in [0.15, 0.2) is 75.1 Å². The Morgan fingerprint density at radius 1 is 1.21 bits per heavy atom. The van der Waals surface area contributed by atoms with E-state index >= 15 is 0 Å². The van der Waals surface area contributed by atoms with Crippen LogP contribution >= 0.6 is 11.3 Å². The fourth-order valence-electron chi connectivity index (χ4n) is 2.72. The average Bonchev–Trinajstić information content (AvgIpc) is 3.20. The third-order valence-corrected chi connectivity index (χ3v) is 5.14. The van der Waals surface area contributed by atoms with Crippen molar-refractivity contribution in [1.29, 1.82) is 0 Å². The van der Waals surface area contributed by atoms with E-state index in [1.165, 1.54) is 35.7 Å². The van der Waals surface area contributed by atoms with Crippen LogP contribution in [0.2, 0.25) is 0 Å². The minimum atomic E-state index is -0.537. The molecule has 0 bridgehead atoms. The first-order valence-electron chi connectivity index (χ1n) is 8.55. The van der Waals surface area contributed by atoms with Gasteiger partial charge in [0, 0.05) is 23.7 Å². The number of benzene rings is 2. The lowest BCUT2D eigenvalue weighted by Crippen LogP contribution is -2.01. The third kappa shape index (κ3) is 3.90. The summed E-state index contributed by atoms with van der Waals surface area (Å²) in [5.41, 5.74) is 4.62. The summed E-state index contributed by atoms with van der Waals surface area (Å²) in [6.07, 6.45) is 1.54. The molecule has 8 nitrogen and oxygen atoms in total. The molecule has 2 heterocycles. The molecule has 0 saturated heterocycles. The molecule has 144 valence electrons. The van der Waals surface area contributed by atoms with Gasteiger partial charge in [-0.3, -0.25) is 15.5 Å². The number of nitro groups is 1. The van der Waals surface area contributed by atoms with E-state index in [0.717, 1.165) is 11.3 Å². The molecule has 0 unspecified atom stereocenters. The molecule has 29 heavy (non-hydrogen) atoms. The molecule has 0 atom stereocenters. The molecule has 0 aliphatic heterocycles. The lowest BCUT2D eigenvalue weighted by atomic mass is 10.1. The van der Waals surface area contributed by atoms with Crippen LogP contribution in [0.3, 0.4) is 0 Å². The smallest absolute Gasteiger partial charge is 0.345 e. The number of non-ortho nitro benzene ring substituents is 1. The second kappa shape index (κ2) is 7.64. The minimum Gasteiger partial charge on any atom is -0.422 e. The number of aromatic nitrogens is 1. The Balaban J connectivity index is 1.63. The number of anilines is 1. The topological polar surface area (TPSA) is 111 Å². The van der Waals surface area contributed by atoms with Gasteiger partial charge in [0.1, 0.15) is 5.58 Å². The molecule has 0 radical (unpaired) electrons. The number of hydrazone groups is 1. The molecule has 1 N–H and O–H groups in total. The molecule has 0 fully saturated rings. The monoisotopic (exact) mass is 406 g/mol. The number of nitro benzene ring substituents is 1. The zero-order valence-electron chi connectivity index (χ0n) is 15.2. The Morgan fingerprint density at radius 2 is 2.00 bits per heavy atom. The van der Waals surface area contributed by atoms with Gasteiger partial charge in [-0.1, -0.05) is 41.7 Å². The van der Waals surface area contributed by atoms with Gasteiger partial charge < -0.3 is 4.42 Å². The molecular weight excluding hydrogens is 392 g/mol. The quantitative estimate of drug-likeness (QED) is 0.223. The molecule has 2 aromatic carbocycles. The molecule has 0 aliphatic carbocycles. The highest BCUT2D eigenvalue weighted by Crippen LogP contribution is 2.30. The summed E-state index contributed by atoms with van der Waals surface area (Å²) in [6.45, 7) is 1.88. The SMILES string of the molecule is C/C(=N/Nc1ncc(-c2cc3cc([N+](=O)[O-])ccc3oc2=O)s1)c1ccccc1. The van der Waals surface area contributed by atoms with Gasteiger partial charge in [-0.2, -0.15) is 5.10 Å². The van der Waals surface area contributed by atoms with E-state index < -0.39 is 10.5 Å². The van der Waals surface area contributed by atoms with Crippen molar-refractivity contribution < 1.29 is 9.34 Å². The number of hydrogen-bond acceptors (Lipinski definition) is 8. The average molecular weight is 406 g/mol. The largest absolute Gasteiger partial charge is 0.422 e. The highest BCUT2D eigenvalue weighted by Gasteiger charge is 2.14. The molecule has 9 heteroatoms. The van der Waals surface area contributed by atoms with Crippen LogP contribution in [0.25, 0.3) is 21.4 Å². The Morgan fingerprint density at radius 3 is 2.76 bits per heavy atom. The number of thiazole rings is 1. The Hall–Kier alpha value is -3.85. The van der Waals surface area contributed by atoms with Crippen molar-refractivity contribution in [3.8, 4) is 10.4 Å². The van der Waals surface area contributed by atoms with Gasteiger partial charge in [-0.25, -0.2) is 9.78 Å². The van der Waals surface area contributed by atoms with E-state index in [-0.39, 0.29) is 16.8 Å². The van der Waals surface area contributed by atoms with Crippen molar-refractivity contribution in [1.82, 2.24) is 4.98 Å². The molecule has 4 rings (SSSR count). The fourth-order valence-corrected chi connectivity index (χ4v) is 3.48. The zero-order valence-corrected chi connectivity index (χ0v) is 16.0. The summed E-state index contributed by atoms with van der Waals surface area (Å²) >= 11 is 1.23. The first-order valence-corrected chi connectivity index (χ1v) is 9.37. The van der Waals surface area contributed by atoms with Crippen LogP contribution in [-0.2, 0) is 0 Å². The normalized spacial score (nSPS) is 11.6. The minimum absolute atomic E-state index is 0.0744. The van der Waals surface area contributed by atoms with E-state index in [9.17, 15) is 14.9 Å². The molecular formula is C20H14N4O4S. The maximum atomic E-state index is 12.3. The van der Waals surface area contributed by atoms with Crippen molar-refractivity contribution in [2.24, 2.45) is 5.10 Å². The number of nitrogens with one attached hydrogen (secondary N) is 1. The molecule has 0 aliphatic rings. The second-order valence-electron chi connectivity index (χ2n) is 6.13. The summed E-state index contributed by atoms with van der Waals surface area (Å²) in [6, 6.07) is 15.4. The molecule has 4 aromatic rings. The van der Waals surface area contributed by atoms with Crippen molar-refractivity contribution >= 4 is 38.8 Å². The van der Waals surface area contributed by atoms with Crippen molar-refractivity contribution in [2.45, 2.75) is 6.92 Å². The lowest BCUT2D eigenvalue weighted by molar-refractivity contribution is -0.384. The predicted molar refractivity (Wildman–Crippen MR) is 113 cm³/mol. The van der Waals surface area contributed by atoms with Gasteiger partial charge in [0.05, 0.1) is 21.1 Å².